The topological polar surface area (TPSA) is 9.23 Å². The summed E-state index contributed by atoms with van der Waals surface area (Å²) in [4.78, 5) is 0. The van der Waals surface area contributed by atoms with Crippen LogP contribution in [0, 0.1) is 0 Å². The molecule has 0 saturated carbocycles. The Morgan fingerprint density at radius 1 is 1.38 bits per heavy atom. The Labute approximate surface area is 88.4 Å². The van der Waals surface area contributed by atoms with Gasteiger partial charge in [-0.25, -0.2) is 0 Å². The van der Waals surface area contributed by atoms with Crippen LogP contribution in [0.25, 0.3) is 0 Å². The fourth-order valence-electron chi connectivity index (χ4n) is 0.189. The van der Waals surface area contributed by atoms with E-state index >= 15 is 0 Å². The molecule has 0 heterocycles. The van der Waals surface area contributed by atoms with Crippen LogP contribution in [0.1, 0.15) is 0 Å². The SMILES string of the molecule is COC[B-](F)(F)F.[K+]. The van der Waals surface area contributed by atoms with Crippen LogP contribution in [0.5, 0.6) is 0 Å². The second-order valence-corrected chi connectivity index (χ2v) is 1.17. The molecule has 0 bridgehead atoms. The van der Waals surface area contributed by atoms with Crippen LogP contribution in [-0.4, -0.2) is 20.6 Å². The molecule has 0 saturated heterocycles. The van der Waals surface area contributed by atoms with Gasteiger partial charge in [0.2, 0.25) is 0 Å². The van der Waals surface area contributed by atoms with Crippen molar-refractivity contribution >= 4 is 6.98 Å². The Hall–Kier alpha value is 1.45. The van der Waals surface area contributed by atoms with Gasteiger partial charge in [-0.2, -0.15) is 0 Å². The van der Waals surface area contributed by atoms with E-state index < -0.39 is 13.5 Å². The van der Waals surface area contributed by atoms with Crippen molar-refractivity contribution in [3.05, 3.63) is 0 Å². The monoisotopic (exact) mass is 152 g/mol. The summed E-state index contributed by atoms with van der Waals surface area (Å²) in [5.74, 6) is 0. The quantitative estimate of drug-likeness (QED) is 0.417. The van der Waals surface area contributed by atoms with Gasteiger partial charge < -0.3 is 17.7 Å². The van der Waals surface area contributed by atoms with Gasteiger partial charge in [0.15, 0.2) is 0 Å². The summed E-state index contributed by atoms with van der Waals surface area (Å²) in [6.07, 6.45) is 0. The van der Waals surface area contributed by atoms with E-state index in [-0.39, 0.29) is 51.4 Å². The summed E-state index contributed by atoms with van der Waals surface area (Å²) in [5.41, 5.74) is 0. The smallest absolute Gasteiger partial charge is 0.447 e. The predicted molar refractivity (Wildman–Crippen MR) is 21.0 cm³/mol. The molecular weight excluding hydrogens is 147 g/mol. The number of halogens is 3. The zero-order chi connectivity index (χ0) is 5.91. The third-order valence-electron chi connectivity index (χ3n) is 0.356. The number of ether oxygens (including phenoxy) is 1. The largest absolute Gasteiger partial charge is 1.00 e. The van der Waals surface area contributed by atoms with Crippen molar-refractivity contribution in [1.82, 2.24) is 0 Å². The fraction of sp³-hybridized carbons (Fsp3) is 1.00. The Kier molecular flexibility index (Phi) is 7.98. The summed E-state index contributed by atoms with van der Waals surface area (Å²) < 4.78 is 36.8. The summed E-state index contributed by atoms with van der Waals surface area (Å²) >= 11 is 0. The van der Waals surface area contributed by atoms with E-state index in [0.717, 1.165) is 7.11 Å². The molecule has 0 aromatic heterocycles. The maximum absolute atomic E-state index is 11.0. The zero-order valence-electron chi connectivity index (χ0n) is 4.83. The molecule has 0 amide bonds. The second kappa shape index (κ2) is 5.25. The molecule has 0 atom stereocenters. The van der Waals surface area contributed by atoms with Crippen molar-refractivity contribution in [3.8, 4) is 0 Å². The van der Waals surface area contributed by atoms with Crippen LogP contribution >= 0.6 is 0 Å². The van der Waals surface area contributed by atoms with E-state index in [4.69, 9.17) is 0 Å². The maximum Gasteiger partial charge on any atom is 1.00 e. The minimum Gasteiger partial charge on any atom is -0.447 e. The van der Waals surface area contributed by atoms with Gasteiger partial charge in [-0.15, -0.1) is 0 Å². The summed E-state index contributed by atoms with van der Waals surface area (Å²) in [7, 11) is 1.02. The van der Waals surface area contributed by atoms with Gasteiger partial charge in [-0.3, -0.25) is 0 Å². The van der Waals surface area contributed by atoms with Gasteiger partial charge in [0, 0.05) is 13.6 Å². The Bertz CT molecular complexity index is 55.7. The second-order valence-electron chi connectivity index (χ2n) is 1.17. The van der Waals surface area contributed by atoms with Gasteiger partial charge in [0.1, 0.15) is 0 Å². The molecule has 0 rings (SSSR count). The van der Waals surface area contributed by atoms with Gasteiger partial charge >= 0.3 is 58.4 Å². The van der Waals surface area contributed by atoms with Crippen LogP contribution in [0.2, 0.25) is 0 Å². The molecule has 0 spiro atoms. The average Bonchev–Trinajstić information content (AvgIpc) is 1.30. The molecule has 0 aliphatic carbocycles. The van der Waals surface area contributed by atoms with Crippen molar-refractivity contribution in [2.24, 2.45) is 0 Å². The van der Waals surface area contributed by atoms with Crippen molar-refractivity contribution in [2.45, 2.75) is 0 Å². The van der Waals surface area contributed by atoms with Gasteiger partial charge in [0.25, 0.3) is 0 Å². The van der Waals surface area contributed by atoms with Gasteiger partial charge in [0.05, 0.1) is 0 Å². The van der Waals surface area contributed by atoms with E-state index in [9.17, 15) is 12.9 Å². The molecular formula is C2H5BF3KO. The van der Waals surface area contributed by atoms with Crippen LogP contribution < -0.4 is 51.4 Å². The normalized spacial score (nSPS) is 10.5. The van der Waals surface area contributed by atoms with Crippen molar-refractivity contribution in [2.75, 3.05) is 13.6 Å². The summed E-state index contributed by atoms with van der Waals surface area (Å²) in [6, 6.07) is 0. The third kappa shape index (κ3) is 10.4. The van der Waals surface area contributed by atoms with E-state index in [1.54, 1.807) is 0 Å². The molecule has 0 fully saturated rings. The van der Waals surface area contributed by atoms with Crippen LogP contribution in [0.3, 0.4) is 0 Å². The summed E-state index contributed by atoms with van der Waals surface area (Å²) in [6.45, 7) is -5.81. The molecule has 44 valence electrons. The molecule has 0 aliphatic rings. The van der Waals surface area contributed by atoms with Crippen LogP contribution in [0.15, 0.2) is 0 Å². The van der Waals surface area contributed by atoms with E-state index in [1.807, 2.05) is 0 Å². The number of rotatable bonds is 2. The minimum absolute atomic E-state index is 0. The van der Waals surface area contributed by atoms with E-state index in [0.29, 0.717) is 0 Å². The maximum atomic E-state index is 11.0. The summed E-state index contributed by atoms with van der Waals surface area (Å²) in [5, 5.41) is 0. The molecule has 0 aromatic carbocycles. The average molecular weight is 152 g/mol. The van der Waals surface area contributed by atoms with E-state index in [1.165, 1.54) is 0 Å². The van der Waals surface area contributed by atoms with Crippen LogP contribution in [-0.2, 0) is 4.74 Å². The zero-order valence-corrected chi connectivity index (χ0v) is 7.95. The number of hydrogen-bond acceptors (Lipinski definition) is 1. The predicted octanol–water partition coefficient (Wildman–Crippen LogP) is -1.98. The molecule has 8 heavy (non-hydrogen) atoms. The van der Waals surface area contributed by atoms with Crippen molar-refractivity contribution < 1.29 is 69.1 Å². The fourth-order valence-corrected chi connectivity index (χ4v) is 0.189. The van der Waals surface area contributed by atoms with Crippen LogP contribution in [0.4, 0.5) is 12.9 Å². The molecule has 0 aliphatic heterocycles. The first-order valence-electron chi connectivity index (χ1n) is 1.76. The molecule has 6 heteroatoms. The van der Waals surface area contributed by atoms with Crippen molar-refractivity contribution in [1.29, 1.82) is 0 Å². The molecule has 0 radical (unpaired) electrons. The first-order chi connectivity index (χ1) is 3.06. The first kappa shape index (κ1) is 12.2. The minimum atomic E-state index is -4.72. The van der Waals surface area contributed by atoms with Gasteiger partial charge in [-0.05, 0) is 0 Å². The molecule has 1 nitrogen and oxygen atoms in total. The van der Waals surface area contributed by atoms with E-state index in [2.05, 4.69) is 4.74 Å². The molecule has 0 N–H and O–H groups in total. The Balaban J connectivity index is 0. The number of hydrogen-bond donors (Lipinski definition) is 0. The number of methoxy groups -OCH3 is 1. The van der Waals surface area contributed by atoms with Crippen molar-refractivity contribution in [3.63, 3.8) is 0 Å². The standard InChI is InChI=1S/C2H5BF3O.K/c1-7-2-3(4,5)6;/h2H2,1H3;/q-1;+1. The third-order valence-corrected chi connectivity index (χ3v) is 0.356. The first-order valence-corrected chi connectivity index (χ1v) is 1.76. The molecule has 0 unspecified atom stereocenters. The Morgan fingerprint density at radius 3 is 1.75 bits per heavy atom. The molecule has 0 aromatic rings. The van der Waals surface area contributed by atoms with Gasteiger partial charge in [-0.1, -0.05) is 0 Å². The Morgan fingerprint density at radius 2 is 1.75 bits per heavy atom.